The van der Waals surface area contributed by atoms with Gasteiger partial charge < -0.3 is 10.7 Å². The van der Waals surface area contributed by atoms with Crippen LogP contribution in [0.15, 0.2) is 66.7 Å². The smallest absolute Gasteiger partial charge is 0.101 e. The van der Waals surface area contributed by atoms with E-state index in [0.29, 0.717) is 5.82 Å². The zero-order chi connectivity index (χ0) is 14.7. The average Bonchev–Trinajstić information content (AvgIpc) is 2.93. The van der Waals surface area contributed by atoms with Crippen molar-refractivity contribution in [3.05, 3.63) is 66.7 Å². The summed E-state index contributed by atoms with van der Waals surface area (Å²) in [6.07, 6.45) is 0. The number of H-pyrrole nitrogens is 1. The molecular formula is C20H14N2. The van der Waals surface area contributed by atoms with E-state index in [-0.39, 0.29) is 0 Å². The fourth-order valence-corrected chi connectivity index (χ4v) is 3.45. The number of nitrogens with two attached hydrogens (primary N) is 1. The van der Waals surface area contributed by atoms with Gasteiger partial charge in [-0.2, -0.15) is 0 Å². The molecule has 5 rings (SSSR count). The minimum atomic E-state index is 0.709. The van der Waals surface area contributed by atoms with Crippen molar-refractivity contribution >= 4 is 49.0 Å². The molecule has 1 heterocycles. The Bertz CT molecular complexity index is 1180. The van der Waals surface area contributed by atoms with Crippen molar-refractivity contribution in [1.29, 1.82) is 0 Å². The van der Waals surface area contributed by atoms with Crippen molar-refractivity contribution in [3.8, 4) is 0 Å². The first kappa shape index (κ1) is 11.6. The predicted molar refractivity (Wildman–Crippen MR) is 95.2 cm³/mol. The molecule has 22 heavy (non-hydrogen) atoms. The Labute approximate surface area is 127 Å². The molecule has 0 fully saturated rings. The molecule has 0 aliphatic heterocycles. The fraction of sp³-hybridized carbons (Fsp3) is 0. The van der Waals surface area contributed by atoms with Crippen molar-refractivity contribution < 1.29 is 0 Å². The second kappa shape index (κ2) is 4.01. The highest BCUT2D eigenvalue weighted by molar-refractivity contribution is 6.18. The number of aromatic amines is 1. The molecule has 1 aromatic heterocycles. The summed E-state index contributed by atoms with van der Waals surface area (Å²) in [5, 5.41) is 8.74. The summed E-state index contributed by atoms with van der Waals surface area (Å²) in [6, 6.07) is 23.7. The summed E-state index contributed by atoms with van der Waals surface area (Å²) in [4.78, 5) is 3.28. The van der Waals surface area contributed by atoms with Crippen LogP contribution in [0.1, 0.15) is 0 Å². The highest BCUT2D eigenvalue weighted by atomic mass is 14.8. The van der Waals surface area contributed by atoms with E-state index in [1.54, 1.807) is 0 Å². The van der Waals surface area contributed by atoms with Crippen LogP contribution < -0.4 is 5.73 Å². The normalized spacial score (nSPS) is 11.8. The van der Waals surface area contributed by atoms with Crippen LogP contribution in [0.3, 0.4) is 0 Å². The highest BCUT2D eigenvalue weighted by Crippen LogP contribution is 2.33. The van der Waals surface area contributed by atoms with Gasteiger partial charge in [-0.05, 0) is 45.1 Å². The Hall–Kier alpha value is -3.00. The fourth-order valence-electron chi connectivity index (χ4n) is 3.45. The second-order valence-electron chi connectivity index (χ2n) is 5.84. The van der Waals surface area contributed by atoms with Crippen LogP contribution in [0, 0.1) is 0 Å². The van der Waals surface area contributed by atoms with Crippen LogP contribution >= 0.6 is 0 Å². The molecule has 0 saturated heterocycles. The Morgan fingerprint density at radius 1 is 0.591 bits per heavy atom. The summed E-state index contributed by atoms with van der Waals surface area (Å²) in [5.41, 5.74) is 7.03. The molecule has 0 saturated carbocycles. The van der Waals surface area contributed by atoms with Crippen LogP contribution in [-0.2, 0) is 0 Å². The molecule has 3 N–H and O–H groups in total. The number of hydrogen-bond donors (Lipinski definition) is 2. The zero-order valence-corrected chi connectivity index (χ0v) is 11.9. The van der Waals surface area contributed by atoms with E-state index >= 15 is 0 Å². The largest absolute Gasteiger partial charge is 0.385 e. The molecule has 0 aliphatic carbocycles. The molecule has 0 unspecified atom stereocenters. The minimum Gasteiger partial charge on any atom is -0.385 e. The lowest BCUT2D eigenvalue weighted by Crippen LogP contribution is -1.83. The number of rotatable bonds is 0. The lowest BCUT2D eigenvalue weighted by molar-refractivity contribution is 1.49. The molecule has 0 aliphatic rings. The standard InChI is InChI=1S/C20H14N2/c21-19-11-15-6-7-16-17(20(15)22-19)8-5-14-9-12-3-1-2-4-13(12)10-18(14)16/h1-11,22H,21H2. The molecule has 5 aromatic rings. The van der Waals surface area contributed by atoms with Gasteiger partial charge in [-0.1, -0.05) is 48.5 Å². The minimum absolute atomic E-state index is 0.709. The number of nitrogens with one attached hydrogen (secondary N) is 1. The summed E-state index contributed by atoms with van der Waals surface area (Å²) in [5.74, 6) is 0.709. The van der Waals surface area contributed by atoms with Gasteiger partial charge in [0.1, 0.15) is 5.82 Å². The second-order valence-corrected chi connectivity index (χ2v) is 5.84. The number of hydrogen-bond acceptors (Lipinski definition) is 1. The Morgan fingerprint density at radius 2 is 1.32 bits per heavy atom. The first-order chi connectivity index (χ1) is 10.8. The third-order valence-corrected chi connectivity index (χ3v) is 4.50. The van der Waals surface area contributed by atoms with Gasteiger partial charge in [0.05, 0.1) is 5.52 Å². The SMILES string of the molecule is Nc1cc2ccc3c4cc5ccccc5cc4ccc3c2[nH]1. The number of nitrogen functional groups attached to an aromatic ring is 1. The number of aromatic nitrogens is 1. The van der Waals surface area contributed by atoms with Gasteiger partial charge in [0, 0.05) is 10.8 Å². The molecule has 2 heteroatoms. The molecule has 104 valence electrons. The monoisotopic (exact) mass is 282 g/mol. The Balaban J connectivity index is 2.01. The van der Waals surface area contributed by atoms with Gasteiger partial charge in [0.2, 0.25) is 0 Å². The molecule has 0 amide bonds. The van der Waals surface area contributed by atoms with E-state index in [1.165, 1.54) is 32.3 Å². The number of benzene rings is 4. The van der Waals surface area contributed by atoms with Gasteiger partial charge in [0.25, 0.3) is 0 Å². The van der Waals surface area contributed by atoms with Crippen LogP contribution in [0.2, 0.25) is 0 Å². The van der Waals surface area contributed by atoms with Crippen molar-refractivity contribution in [2.24, 2.45) is 0 Å². The molecule has 0 radical (unpaired) electrons. The quantitative estimate of drug-likeness (QED) is 0.297. The predicted octanol–water partition coefficient (Wildman–Crippen LogP) is 5.21. The number of anilines is 1. The summed E-state index contributed by atoms with van der Waals surface area (Å²) in [7, 11) is 0. The highest BCUT2D eigenvalue weighted by Gasteiger charge is 2.07. The molecule has 0 bridgehead atoms. The van der Waals surface area contributed by atoms with E-state index in [1.807, 2.05) is 6.07 Å². The Kier molecular flexibility index (Phi) is 2.12. The van der Waals surface area contributed by atoms with Gasteiger partial charge >= 0.3 is 0 Å². The van der Waals surface area contributed by atoms with E-state index < -0.39 is 0 Å². The van der Waals surface area contributed by atoms with Crippen LogP contribution in [0.25, 0.3) is 43.2 Å². The van der Waals surface area contributed by atoms with Crippen molar-refractivity contribution in [1.82, 2.24) is 4.98 Å². The first-order valence-corrected chi connectivity index (χ1v) is 7.42. The van der Waals surface area contributed by atoms with E-state index in [4.69, 9.17) is 5.73 Å². The van der Waals surface area contributed by atoms with Crippen LogP contribution in [-0.4, -0.2) is 4.98 Å². The molecule has 4 aromatic carbocycles. The van der Waals surface area contributed by atoms with E-state index in [9.17, 15) is 0 Å². The molecule has 0 spiro atoms. The van der Waals surface area contributed by atoms with Gasteiger partial charge in [-0.15, -0.1) is 0 Å². The number of fused-ring (bicyclic) bond motifs is 6. The third kappa shape index (κ3) is 1.49. The van der Waals surface area contributed by atoms with E-state index in [0.717, 1.165) is 10.9 Å². The van der Waals surface area contributed by atoms with Gasteiger partial charge in [0.15, 0.2) is 0 Å². The lowest BCUT2D eigenvalue weighted by Gasteiger charge is -2.07. The van der Waals surface area contributed by atoms with Gasteiger partial charge in [-0.3, -0.25) is 0 Å². The van der Waals surface area contributed by atoms with Gasteiger partial charge in [-0.25, -0.2) is 0 Å². The first-order valence-electron chi connectivity index (χ1n) is 7.42. The Morgan fingerprint density at radius 3 is 2.18 bits per heavy atom. The van der Waals surface area contributed by atoms with E-state index in [2.05, 4.69) is 65.6 Å². The maximum Gasteiger partial charge on any atom is 0.101 e. The van der Waals surface area contributed by atoms with Crippen LogP contribution in [0.5, 0.6) is 0 Å². The summed E-state index contributed by atoms with van der Waals surface area (Å²) < 4.78 is 0. The average molecular weight is 282 g/mol. The van der Waals surface area contributed by atoms with Crippen molar-refractivity contribution in [3.63, 3.8) is 0 Å². The lowest BCUT2D eigenvalue weighted by atomic mass is 9.97. The maximum atomic E-state index is 5.91. The summed E-state index contributed by atoms with van der Waals surface area (Å²) in [6.45, 7) is 0. The summed E-state index contributed by atoms with van der Waals surface area (Å²) >= 11 is 0. The maximum absolute atomic E-state index is 5.91. The van der Waals surface area contributed by atoms with Crippen molar-refractivity contribution in [2.45, 2.75) is 0 Å². The van der Waals surface area contributed by atoms with Crippen LogP contribution in [0.4, 0.5) is 5.82 Å². The third-order valence-electron chi connectivity index (χ3n) is 4.50. The van der Waals surface area contributed by atoms with Crippen molar-refractivity contribution in [2.75, 3.05) is 5.73 Å². The molecule has 0 atom stereocenters. The molecule has 2 nitrogen and oxygen atoms in total. The topological polar surface area (TPSA) is 41.8 Å². The molecular weight excluding hydrogens is 268 g/mol. The zero-order valence-electron chi connectivity index (χ0n) is 11.9.